The van der Waals surface area contributed by atoms with Crippen molar-refractivity contribution in [3.05, 3.63) is 77.9 Å². The third kappa shape index (κ3) is 4.69. The molecule has 0 unspecified atom stereocenters. The maximum absolute atomic E-state index is 13.7. The van der Waals surface area contributed by atoms with Crippen LogP contribution in [0.25, 0.3) is 0 Å². The van der Waals surface area contributed by atoms with E-state index in [1.807, 2.05) is 0 Å². The lowest BCUT2D eigenvalue weighted by Crippen LogP contribution is -2.36. The van der Waals surface area contributed by atoms with Crippen LogP contribution in [0.15, 0.2) is 71.6 Å². The van der Waals surface area contributed by atoms with Gasteiger partial charge in [0.2, 0.25) is 10.9 Å². The first-order valence-electron chi connectivity index (χ1n) is 10.7. The first kappa shape index (κ1) is 24.6. The van der Waals surface area contributed by atoms with Gasteiger partial charge in [0, 0.05) is 6.54 Å². The van der Waals surface area contributed by atoms with Gasteiger partial charge in [-0.2, -0.15) is 0 Å². The molecule has 0 radical (unpaired) electrons. The molecular weight excluding hydrogens is 492 g/mol. The lowest BCUT2D eigenvalue weighted by molar-refractivity contribution is 0.0596. The zero-order valence-electron chi connectivity index (χ0n) is 19.1. The van der Waals surface area contributed by atoms with Gasteiger partial charge in [0.05, 0.1) is 36.8 Å². The van der Waals surface area contributed by atoms with E-state index >= 15 is 0 Å². The summed E-state index contributed by atoms with van der Waals surface area (Å²) >= 11 is 0. The molecule has 1 aliphatic rings. The van der Waals surface area contributed by atoms with E-state index in [2.05, 4.69) is 0 Å². The zero-order chi connectivity index (χ0) is 25.2. The SMILES string of the molecule is COC(=O)c1ccccc1S(=O)(=O)N1CCCc2ccc(N(c3ccc(OC)cc3)[SH](=O)=O)cc21. The molecule has 3 aromatic rings. The van der Waals surface area contributed by atoms with Crippen LogP contribution in [0.4, 0.5) is 17.1 Å². The Hall–Kier alpha value is -3.57. The highest BCUT2D eigenvalue weighted by molar-refractivity contribution is 7.93. The molecule has 9 nitrogen and oxygen atoms in total. The minimum absolute atomic E-state index is 0.0687. The molecular formula is C24H24N2O7S2. The van der Waals surface area contributed by atoms with Gasteiger partial charge in [-0.3, -0.25) is 4.31 Å². The summed E-state index contributed by atoms with van der Waals surface area (Å²) in [6.07, 6.45) is 1.20. The molecule has 0 fully saturated rings. The Morgan fingerprint density at radius 1 is 0.971 bits per heavy atom. The van der Waals surface area contributed by atoms with Crippen LogP contribution in [0.3, 0.4) is 0 Å². The van der Waals surface area contributed by atoms with Gasteiger partial charge in [-0.05, 0) is 66.9 Å². The molecule has 0 saturated carbocycles. The van der Waals surface area contributed by atoms with Crippen LogP contribution < -0.4 is 13.3 Å². The van der Waals surface area contributed by atoms with Crippen molar-refractivity contribution in [3.63, 3.8) is 0 Å². The lowest BCUT2D eigenvalue weighted by Gasteiger charge is -2.32. The second-order valence-electron chi connectivity index (χ2n) is 7.73. The number of nitrogens with zero attached hydrogens (tertiary/aromatic N) is 2. The van der Waals surface area contributed by atoms with Gasteiger partial charge in [0.15, 0.2) is 0 Å². The number of rotatable bonds is 7. The Labute approximate surface area is 205 Å². The fraction of sp³-hybridized carbons (Fsp3) is 0.208. The number of fused-ring (bicyclic) bond motifs is 1. The predicted octanol–water partition coefficient (Wildman–Crippen LogP) is 3.29. The highest BCUT2D eigenvalue weighted by Gasteiger charge is 2.33. The van der Waals surface area contributed by atoms with E-state index in [4.69, 9.17) is 9.47 Å². The summed E-state index contributed by atoms with van der Waals surface area (Å²) in [6, 6.07) is 17.3. The maximum Gasteiger partial charge on any atom is 0.339 e. The number of ether oxygens (including phenoxy) is 2. The highest BCUT2D eigenvalue weighted by atomic mass is 32.2. The van der Waals surface area contributed by atoms with Gasteiger partial charge in [-0.1, -0.05) is 18.2 Å². The average molecular weight is 517 g/mol. The van der Waals surface area contributed by atoms with Gasteiger partial charge >= 0.3 is 5.97 Å². The Balaban J connectivity index is 1.82. The molecule has 0 saturated heterocycles. The molecule has 0 aromatic heterocycles. The Morgan fingerprint density at radius 2 is 1.66 bits per heavy atom. The molecule has 0 aliphatic carbocycles. The summed E-state index contributed by atoms with van der Waals surface area (Å²) in [6.45, 7) is 0.181. The number of benzene rings is 3. The van der Waals surface area contributed by atoms with E-state index in [1.54, 1.807) is 48.5 Å². The highest BCUT2D eigenvalue weighted by Crippen LogP contribution is 2.38. The van der Waals surface area contributed by atoms with Crippen molar-refractivity contribution >= 4 is 43.9 Å². The number of methoxy groups -OCH3 is 2. The van der Waals surface area contributed by atoms with E-state index < -0.39 is 26.9 Å². The summed E-state index contributed by atoms with van der Waals surface area (Å²) in [5, 5.41) is 0. The quantitative estimate of drug-likeness (QED) is 0.379. The monoisotopic (exact) mass is 516 g/mol. The van der Waals surface area contributed by atoms with Crippen molar-refractivity contribution in [3.8, 4) is 5.75 Å². The smallest absolute Gasteiger partial charge is 0.339 e. The molecule has 0 N–H and O–H groups in total. The second-order valence-corrected chi connectivity index (χ2v) is 10.4. The number of esters is 1. The van der Waals surface area contributed by atoms with Crippen LogP contribution in [0.5, 0.6) is 5.75 Å². The molecule has 184 valence electrons. The van der Waals surface area contributed by atoms with Gasteiger partial charge in [0.25, 0.3) is 10.0 Å². The van der Waals surface area contributed by atoms with Gasteiger partial charge in [-0.25, -0.2) is 25.9 Å². The van der Waals surface area contributed by atoms with Crippen LogP contribution in [-0.4, -0.2) is 43.6 Å². The number of aryl methyl sites for hydroxylation is 1. The fourth-order valence-corrected chi connectivity index (χ4v) is 6.41. The van der Waals surface area contributed by atoms with Crippen molar-refractivity contribution in [1.82, 2.24) is 0 Å². The second kappa shape index (κ2) is 9.96. The summed E-state index contributed by atoms with van der Waals surface area (Å²) < 4.78 is 64.1. The van der Waals surface area contributed by atoms with E-state index in [1.165, 1.54) is 36.7 Å². The largest absolute Gasteiger partial charge is 0.497 e. The molecule has 0 atom stereocenters. The number of hydrogen-bond acceptors (Lipinski definition) is 7. The van der Waals surface area contributed by atoms with Crippen molar-refractivity contribution in [2.75, 3.05) is 29.4 Å². The lowest BCUT2D eigenvalue weighted by atomic mass is 10.0. The maximum atomic E-state index is 13.7. The van der Waals surface area contributed by atoms with E-state index in [0.717, 1.165) is 9.87 Å². The molecule has 0 bridgehead atoms. The number of sulfonamides is 1. The molecule has 11 heteroatoms. The van der Waals surface area contributed by atoms with Crippen molar-refractivity contribution in [1.29, 1.82) is 0 Å². The molecule has 4 rings (SSSR count). The summed E-state index contributed by atoms with van der Waals surface area (Å²) in [5.74, 6) is -0.189. The number of carbonyl (C=O) groups excluding carboxylic acids is 1. The molecule has 0 spiro atoms. The molecule has 1 aliphatic heterocycles. The van der Waals surface area contributed by atoms with Gasteiger partial charge in [-0.15, -0.1) is 0 Å². The van der Waals surface area contributed by atoms with Gasteiger partial charge < -0.3 is 9.47 Å². The van der Waals surface area contributed by atoms with E-state index in [9.17, 15) is 21.6 Å². The normalized spacial score (nSPS) is 13.3. The standard InChI is InChI=1S/C24H24N2O7S2/c1-32-20-13-11-18(12-14-20)26(34(28)29)19-10-9-17-6-5-15-25(22(17)16-19)35(30,31)23-8-4-3-7-21(23)24(27)33-2/h3-4,7-14,16,34H,5-6,15H2,1-2H3. The van der Waals surface area contributed by atoms with Crippen LogP contribution in [-0.2, 0) is 32.1 Å². The van der Waals surface area contributed by atoms with Crippen LogP contribution in [0, 0.1) is 0 Å². The fourth-order valence-electron chi connectivity index (χ4n) is 4.06. The Morgan fingerprint density at radius 3 is 2.31 bits per heavy atom. The first-order valence-corrected chi connectivity index (χ1v) is 13.3. The van der Waals surface area contributed by atoms with Gasteiger partial charge in [0.1, 0.15) is 10.6 Å². The third-order valence-electron chi connectivity index (χ3n) is 5.73. The molecule has 1 heterocycles. The predicted molar refractivity (Wildman–Crippen MR) is 133 cm³/mol. The Kier molecular flexibility index (Phi) is 6.99. The molecule has 0 amide bonds. The number of anilines is 3. The van der Waals surface area contributed by atoms with Crippen molar-refractivity contribution in [2.45, 2.75) is 17.7 Å². The van der Waals surface area contributed by atoms with E-state index in [-0.39, 0.29) is 22.7 Å². The zero-order valence-corrected chi connectivity index (χ0v) is 20.8. The summed E-state index contributed by atoms with van der Waals surface area (Å²) in [7, 11) is -4.54. The number of carbonyl (C=O) groups is 1. The van der Waals surface area contributed by atoms with Crippen molar-refractivity contribution < 1.29 is 31.1 Å². The van der Waals surface area contributed by atoms with Crippen LogP contribution in [0.1, 0.15) is 22.3 Å². The summed E-state index contributed by atoms with van der Waals surface area (Å²) in [5.41, 5.74) is 1.72. The van der Waals surface area contributed by atoms with Crippen LogP contribution >= 0.6 is 0 Å². The number of hydrogen-bond donors (Lipinski definition) is 1. The van der Waals surface area contributed by atoms with E-state index in [0.29, 0.717) is 30.0 Å². The molecule has 35 heavy (non-hydrogen) atoms. The minimum Gasteiger partial charge on any atom is -0.497 e. The average Bonchev–Trinajstić information content (AvgIpc) is 2.88. The first-order chi connectivity index (χ1) is 16.8. The number of thiol groups is 1. The summed E-state index contributed by atoms with van der Waals surface area (Å²) in [4.78, 5) is 12.1. The minimum atomic E-state index is -4.15. The van der Waals surface area contributed by atoms with Crippen LogP contribution in [0.2, 0.25) is 0 Å². The van der Waals surface area contributed by atoms with Crippen molar-refractivity contribution in [2.24, 2.45) is 0 Å². The molecule has 3 aromatic carbocycles. The Bertz CT molecular complexity index is 1430. The third-order valence-corrected chi connectivity index (χ3v) is 8.39. The topological polar surface area (TPSA) is 110 Å².